The molecule has 0 saturated carbocycles. The van der Waals surface area contributed by atoms with Gasteiger partial charge in [0.2, 0.25) is 0 Å². The van der Waals surface area contributed by atoms with E-state index in [0.29, 0.717) is 11.3 Å². The lowest BCUT2D eigenvalue weighted by Crippen LogP contribution is -2.18. The minimum atomic E-state index is -0.680. The third kappa shape index (κ3) is 2.08. The van der Waals surface area contributed by atoms with Gasteiger partial charge in [-0.05, 0) is 0 Å². The van der Waals surface area contributed by atoms with Crippen LogP contribution in [0.5, 0.6) is 0 Å². The molecule has 1 rings (SSSR count). The fourth-order valence-electron chi connectivity index (χ4n) is 1.18. The lowest BCUT2D eigenvalue weighted by Gasteiger charge is -2.17. The van der Waals surface area contributed by atoms with Crippen LogP contribution < -0.4 is 5.73 Å². The second-order valence-corrected chi connectivity index (χ2v) is 4.11. The molecule has 0 saturated heterocycles. The molecule has 13 heavy (non-hydrogen) atoms. The van der Waals surface area contributed by atoms with E-state index < -0.39 is 6.10 Å². The molecular formula is C9H16N2O2. The maximum absolute atomic E-state index is 9.54. The molecule has 3 N–H and O–H groups in total. The van der Waals surface area contributed by atoms with E-state index in [1.807, 2.05) is 20.8 Å². The summed E-state index contributed by atoms with van der Waals surface area (Å²) >= 11 is 0. The van der Waals surface area contributed by atoms with E-state index in [9.17, 15) is 5.11 Å². The van der Waals surface area contributed by atoms with E-state index in [4.69, 9.17) is 10.3 Å². The van der Waals surface area contributed by atoms with Crippen LogP contribution in [0.15, 0.2) is 10.7 Å². The SMILES string of the molecule is CC(C)(C)c1oncc1C(O)CN. The van der Waals surface area contributed by atoms with Crippen molar-refractivity contribution in [3.63, 3.8) is 0 Å². The molecular weight excluding hydrogens is 168 g/mol. The Balaban J connectivity index is 3.03. The maximum Gasteiger partial charge on any atom is 0.147 e. The normalized spacial score (nSPS) is 14.5. The number of hydrogen-bond acceptors (Lipinski definition) is 4. The largest absolute Gasteiger partial charge is 0.387 e. The predicted molar refractivity (Wildman–Crippen MR) is 49.2 cm³/mol. The van der Waals surface area contributed by atoms with Gasteiger partial charge in [0.15, 0.2) is 0 Å². The molecule has 0 bridgehead atoms. The van der Waals surface area contributed by atoms with Crippen molar-refractivity contribution in [2.75, 3.05) is 6.54 Å². The van der Waals surface area contributed by atoms with Gasteiger partial charge in [0, 0.05) is 17.5 Å². The first kappa shape index (κ1) is 10.2. The van der Waals surface area contributed by atoms with Crippen molar-refractivity contribution < 1.29 is 9.63 Å². The Morgan fingerprint density at radius 1 is 1.62 bits per heavy atom. The summed E-state index contributed by atoms with van der Waals surface area (Å²) in [4.78, 5) is 0. The standard InChI is InChI=1S/C9H16N2O2/c1-9(2,3)8-6(5-11-13-8)7(12)4-10/h5,7,12H,4,10H2,1-3H3. The van der Waals surface area contributed by atoms with Crippen LogP contribution in [-0.4, -0.2) is 16.8 Å². The highest BCUT2D eigenvalue weighted by Gasteiger charge is 2.25. The molecule has 0 amide bonds. The first-order chi connectivity index (χ1) is 5.96. The van der Waals surface area contributed by atoms with Crippen LogP contribution in [0.4, 0.5) is 0 Å². The minimum absolute atomic E-state index is 0.151. The van der Waals surface area contributed by atoms with Crippen molar-refractivity contribution >= 4 is 0 Å². The Bertz CT molecular complexity index is 275. The summed E-state index contributed by atoms with van der Waals surface area (Å²) in [5.41, 5.74) is 5.89. The molecule has 1 heterocycles. The minimum Gasteiger partial charge on any atom is -0.387 e. The van der Waals surface area contributed by atoms with Gasteiger partial charge in [-0.3, -0.25) is 0 Å². The first-order valence-corrected chi connectivity index (χ1v) is 4.30. The van der Waals surface area contributed by atoms with E-state index in [1.54, 1.807) is 0 Å². The van der Waals surface area contributed by atoms with Crippen LogP contribution >= 0.6 is 0 Å². The first-order valence-electron chi connectivity index (χ1n) is 4.30. The molecule has 1 atom stereocenters. The summed E-state index contributed by atoms with van der Waals surface area (Å²) in [5, 5.41) is 13.2. The van der Waals surface area contributed by atoms with Gasteiger partial charge in [0.25, 0.3) is 0 Å². The van der Waals surface area contributed by atoms with Gasteiger partial charge in [-0.1, -0.05) is 25.9 Å². The van der Waals surface area contributed by atoms with Gasteiger partial charge in [0.05, 0.1) is 12.3 Å². The molecule has 0 radical (unpaired) electrons. The number of hydrogen-bond donors (Lipinski definition) is 2. The zero-order chi connectivity index (χ0) is 10.1. The number of aliphatic hydroxyl groups excluding tert-OH is 1. The van der Waals surface area contributed by atoms with Gasteiger partial charge in [0.1, 0.15) is 5.76 Å². The molecule has 0 aliphatic heterocycles. The van der Waals surface area contributed by atoms with Crippen molar-refractivity contribution in [2.45, 2.75) is 32.3 Å². The molecule has 4 heteroatoms. The highest BCUT2D eigenvalue weighted by atomic mass is 16.5. The second-order valence-electron chi connectivity index (χ2n) is 4.11. The molecule has 0 aliphatic rings. The topological polar surface area (TPSA) is 72.3 Å². The second kappa shape index (κ2) is 3.47. The average Bonchev–Trinajstić information content (AvgIpc) is 2.49. The highest BCUT2D eigenvalue weighted by Crippen LogP contribution is 2.28. The van der Waals surface area contributed by atoms with Crippen LogP contribution in [-0.2, 0) is 5.41 Å². The summed E-state index contributed by atoms with van der Waals surface area (Å²) in [6.07, 6.45) is 0.846. The molecule has 74 valence electrons. The Morgan fingerprint density at radius 2 is 2.23 bits per heavy atom. The average molecular weight is 184 g/mol. The number of nitrogens with zero attached hydrogens (tertiary/aromatic N) is 1. The monoisotopic (exact) mass is 184 g/mol. The Kier molecular flexibility index (Phi) is 2.73. The summed E-state index contributed by atoms with van der Waals surface area (Å²) in [6, 6.07) is 0. The Morgan fingerprint density at radius 3 is 2.69 bits per heavy atom. The molecule has 0 aliphatic carbocycles. The summed E-state index contributed by atoms with van der Waals surface area (Å²) in [7, 11) is 0. The quantitative estimate of drug-likeness (QED) is 0.718. The summed E-state index contributed by atoms with van der Waals surface area (Å²) < 4.78 is 5.09. The molecule has 0 fully saturated rings. The van der Waals surface area contributed by atoms with Crippen molar-refractivity contribution in [2.24, 2.45) is 5.73 Å². The van der Waals surface area contributed by atoms with Crippen LogP contribution in [0.1, 0.15) is 38.2 Å². The molecule has 1 aromatic rings. The van der Waals surface area contributed by atoms with E-state index in [2.05, 4.69) is 5.16 Å². The number of nitrogens with two attached hydrogens (primary N) is 1. The fourth-order valence-corrected chi connectivity index (χ4v) is 1.18. The van der Waals surface area contributed by atoms with Crippen molar-refractivity contribution in [3.8, 4) is 0 Å². The Labute approximate surface area is 77.7 Å². The van der Waals surface area contributed by atoms with E-state index in [-0.39, 0.29) is 12.0 Å². The number of rotatable bonds is 2. The zero-order valence-electron chi connectivity index (χ0n) is 8.24. The van der Waals surface area contributed by atoms with E-state index in [1.165, 1.54) is 6.20 Å². The van der Waals surface area contributed by atoms with Crippen LogP contribution in [0.2, 0.25) is 0 Å². The van der Waals surface area contributed by atoms with Crippen molar-refractivity contribution in [3.05, 3.63) is 17.5 Å². The van der Waals surface area contributed by atoms with Gasteiger partial charge >= 0.3 is 0 Å². The molecule has 1 aromatic heterocycles. The molecule has 0 spiro atoms. The van der Waals surface area contributed by atoms with Crippen LogP contribution in [0.25, 0.3) is 0 Å². The number of aliphatic hydroxyl groups is 1. The highest BCUT2D eigenvalue weighted by molar-refractivity contribution is 5.23. The number of aromatic nitrogens is 1. The van der Waals surface area contributed by atoms with Crippen LogP contribution in [0, 0.1) is 0 Å². The maximum atomic E-state index is 9.54. The lowest BCUT2D eigenvalue weighted by molar-refractivity contribution is 0.181. The van der Waals surface area contributed by atoms with Gasteiger partial charge < -0.3 is 15.4 Å². The zero-order valence-corrected chi connectivity index (χ0v) is 8.24. The summed E-state index contributed by atoms with van der Waals surface area (Å²) in [6.45, 7) is 6.19. The van der Waals surface area contributed by atoms with Crippen molar-refractivity contribution in [1.82, 2.24) is 5.16 Å². The third-order valence-electron chi connectivity index (χ3n) is 1.86. The lowest BCUT2D eigenvalue weighted by atomic mass is 9.89. The van der Waals surface area contributed by atoms with Gasteiger partial charge in [-0.2, -0.15) is 0 Å². The summed E-state index contributed by atoms with van der Waals surface area (Å²) in [5.74, 6) is 0.699. The molecule has 1 unspecified atom stereocenters. The van der Waals surface area contributed by atoms with Gasteiger partial charge in [-0.15, -0.1) is 0 Å². The van der Waals surface area contributed by atoms with Crippen molar-refractivity contribution in [1.29, 1.82) is 0 Å². The Hall–Kier alpha value is -0.870. The smallest absolute Gasteiger partial charge is 0.147 e. The molecule has 4 nitrogen and oxygen atoms in total. The van der Waals surface area contributed by atoms with E-state index >= 15 is 0 Å². The third-order valence-corrected chi connectivity index (χ3v) is 1.86. The molecule has 0 aromatic carbocycles. The van der Waals surface area contributed by atoms with Gasteiger partial charge in [-0.25, -0.2) is 0 Å². The van der Waals surface area contributed by atoms with Crippen LogP contribution in [0.3, 0.4) is 0 Å². The predicted octanol–water partition coefficient (Wildman–Crippen LogP) is 0.964. The fraction of sp³-hybridized carbons (Fsp3) is 0.667. The van der Waals surface area contributed by atoms with E-state index in [0.717, 1.165) is 0 Å².